The van der Waals surface area contributed by atoms with Crippen LogP contribution in [-0.4, -0.2) is 27.0 Å². The molecule has 0 saturated carbocycles. The summed E-state index contributed by atoms with van der Waals surface area (Å²) in [5.74, 6) is 5.57. The molecule has 0 aliphatic rings. The number of rotatable bonds is 1. The maximum Gasteiger partial charge on any atom is 0.373 e. The van der Waals surface area contributed by atoms with E-state index in [1.165, 1.54) is 6.92 Å². The minimum absolute atomic E-state index is 0.288. The Bertz CT molecular complexity index is 377. The first-order valence-corrected chi connectivity index (χ1v) is 3.80. The highest BCUT2D eigenvalue weighted by molar-refractivity contribution is 5.75. The van der Waals surface area contributed by atoms with Gasteiger partial charge in [0, 0.05) is 6.54 Å². The lowest BCUT2D eigenvalue weighted by Gasteiger charge is -1.97. The van der Waals surface area contributed by atoms with Crippen LogP contribution in [0, 0.1) is 6.92 Å². The average molecular weight is 185 g/mol. The minimum atomic E-state index is -0.650. The van der Waals surface area contributed by atoms with Crippen LogP contribution in [0.1, 0.15) is 12.7 Å². The molecule has 7 heteroatoms. The summed E-state index contributed by atoms with van der Waals surface area (Å²) in [4.78, 5) is 22.3. The second-order valence-electron chi connectivity index (χ2n) is 2.45. The number of amides is 1. The van der Waals surface area contributed by atoms with Gasteiger partial charge in [0.25, 0.3) is 0 Å². The Hall–Kier alpha value is -1.79. The van der Waals surface area contributed by atoms with Crippen LogP contribution >= 0.6 is 0 Å². The van der Waals surface area contributed by atoms with Gasteiger partial charge in [-0.2, -0.15) is 4.68 Å². The predicted octanol–water partition coefficient (Wildman–Crippen LogP) is -1.36. The number of hydrogen-bond donors (Lipinski definition) is 2. The lowest BCUT2D eigenvalue weighted by Crippen LogP contribution is -2.39. The quantitative estimate of drug-likeness (QED) is 0.528. The molecule has 0 radical (unpaired) electrons. The monoisotopic (exact) mass is 185 g/mol. The summed E-state index contributed by atoms with van der Waals surface area (Å²) in [5, 5.41) is 6.09. The topological polar surface area (TPSA) is 94.9 Å². The molecule has 0 bridgehead atoms. The Morgan fingerprint density at radius 1 is 1.69 bits per heavy atom. The second-order valence-corrected chi connectivity index (χ2v) is 2.45. The molecule has 0 saturated heterocycles. The largest absolute Gasteiger partial charge is 0.373 e. The van der Waals surface area contributed by atoms with Crippen LogP contribution in [0.15, 0.2) is 4.79 Å². The first-order valence-electron chi connectivity index (χ1n) is 3.80. The Labute approximate surface area is 74.1 Å². The number of aryl methyl sites for hydroxylation is 1. The lowest BCUT2D eigenvalue weighted by molar-refractivity contribution is 0.239. The van der Waals surface area contributed by atoms with Crippen LogP contribution < -0.4 is 16.8 Å². The Kier molecular flexibility index (Phi) is 2.36. The molecule has 3 N–H and O–H groups in total. The van der Waals surface area contributed by atoms with Crippen LogP contribution in [0.4, 0.5) is 4.79 Å². The zero-order valence-electron chi connectivity index (χ0n) is 7.44. The van der Waals surface area contributed by atoms with Gasteiger partial charge < -0.3 is 11.2 Å². The molecule has 1 amide bonds. The molecule has 1 aromatic heterocycles. The van der Waals surface area contributed by atoms with Crippen molar-refractivity contribution in [3.63, 3.8) is 0 Å². The molecule has 0 aromatic carbocycles. The fourth-order valence-corrected chi connectivity index (χ4v) is 0.835. The van der Waals surface area contributed by atoms with Gasteiger partial charge in [0.05, 0.1) is 0 Å². The summed E-state index contributed by atoms with van der Waals surface area (Å²) >= 11 is 0. The molecule has 7 nitrogen and oxygen atoms in total. The summed E-state index contributed by atoms with van der Waals surface area (Å²) in [6, 6.07) is -0.570. The molecule has 0 spiro atoms. The van der Waals surface area contributed by atoms with Gasteiger partial charge in [-0.1, -0.05) is 0 Å². The van der Waals surface area contributed by atoms with Crippen molar-refractivity contribution in [1.29, 1.82) is 0 Å². The third kappa shape index (κ3) is 1.53. The normalized spacial score (nSPS) is 10.0. The highest BCUT2D eigenvalue weighted by atomic mass is 16.2. The molecule has 1 heterocycles. The summed E-state index contributed by atoms with van der Waals surface area (Å²) in [6.07, 6.45) is 0. The fourth-order valence-electron chi connectivity index (χ4n) is 0.835. The van der Waals surface area contributed by atoms with Crippen LogP contribution in [-0.2, 0) is 0 Å². The Balaban J connectivity index is 3.09. The van der Waals surface area contributed by atoms with Crippen molar-refractivity contribution in [3.05, 3.63) is 16.3 Å². The lowest BCUT2D eigenvalue weighted by atomic mass is 10.7. The Morgan fingerprint density at radius 2 is 2.31 bits per heavy atom. The highest BCUT2D eigenvalue weighted by Crippen LogP contribution is 1.82. The third-order valence-corrected chi connectivity index (χ3v) is 1.50. The van der Waals surface area contributed by atoms with E-state index in [2.05, 4.69) is 10.4 Å². The van der Waals surface area contributed by atoms with Gasteiger partial charge in [0.1, 0.15) is 0 Å². The number of carbonyl (C=O) groups excluding carboxylic acids is 1. The van der Waals surface area contributed by atoms with Crippen molar-refractivity contribution in [2.75, 3.05) is 12.4 Å². The Morgan fingerprint density at radius 3 is 2.69 bits per heavy atom. The first kappa shape index (κ1) is 9.30. The van der Waals surface area contributed by atoms with Gasteiger partial charge in [-0.15, -0.1) is 9.78 Å². The van der Waals surface area contributed by atoms with Crippen molar-refractivity contribution in [2.24, 2.45) is 0 Å². The zero-order chi connectivity index (χ0) is 10.0. The van der Waals surface area contributed by atoms with Gasteiger partial charge >= 0.3 is 11.7 Å². The van der Waals surface area contributed by atoms with Crippen molar-refractivity contribution >= 4 is 6.03 Å². The molecule has 1 aromatic rings. The van der Waals surface area contributed by atoms with Crippen molar-refractivity contribution < 1.29 is 4.79 Å². The molecule has 1 rings (SSSR count). The van der Waals surface area contributed by atoms with E-state index in [1.807, 2.05) is 0 Å². The van der Waals surface area contributed by atoms with Gasteiger partial charge in [0.15, 0.2) is 5.82 Å². The third-order valence-electron chi connectivity index (χ3n) is 1.50. The molecular formula is C6H11N5O2. The molecule has 0 unspecified atom stereocenters. The predicted molar refractivity (Wildman–Crippen MR) is 45.8 cm³/mol. The number of nitrogens with zero attached hydrogens (tertiary/aromatic N) is 3. The number of aromatic nitrogens is 3. The number of nitrogens with two attached hydrogens (primary N) is 1. The van der Waals surface area contributed by atoms with Gasteiger partial charge in [-0.05, 0) is 13.8 Å². The van der Waals surface area contributed by atoms with E-state index in [0.29, 0.717) is 11.2 Å². The minimum Gasteiger partial charge on any atom is -0.336 e. The van der Waals surface area contributed by atoms with Crippen LogP contribution in [0.5, 0.6) is 0 Å². The van der Waals surface area contributed by atoms with E-state index in [0.717, 1.165) is 4.68 Å². The molecular weight excluding hydrogens is 174 g/mol. The standard InChI is InChI=1S/C6H11N5O2/c1-3-8-5(12)11-6(13)10(7)4(2)9-11/h3,7H2,1-2H3,(H,8,12). The van der Waals surface area contributed by atoms with Crippen LogP contribution in [0.2, 0.25) is 0 Å². The summed E-state index contributed by atoms with van der Waals surface area (Å²) in [7, 11) is 0. The number of hydrogen-bond acceptors (Lipinski definition) is 4. The van der Waals surface area contributed by atoms with E-state index in [4.69, 9.17) is 5.84 Å². The van der Waals surface area contributed by atoms with E-state index in [9.17, 15) is 9.59 Å². The van der Waals surface area contributed by atoms with E-state index in [-0.39, 0.29) is 5.82 Å². The fraction of sp³-hybridized carbons (Fsp3) is 0.500. The molecule has 0 fully saturated rings. The molecule has 0 atom stereocenters. The number of nitrogens with one attached hydrogen (secondary N) is 1. The van der Waals surface area contributed by atoms with Gasteiger partial charge in [-0.25, -0.2) is 9.59 Å². The average Bonchev–Trinajstić information content (AvgIpc) is 2.33. The highest BCUT2D eigenvalue weighted by Gasteiger charge is 2.12. The maximum atomic E-state index is 11.2. The van der Waals surface area contributed by atoms with E-state index >= 15 is 0 Å². The number of nitrogen functional groups attached to an aromatic ring is 1. The smallest absolute Gasteiger partial charge is 0.336 e. The summed E-state index contributed by atoms with van der Waals surface area (Å²) in [6.45, 7) is 3.72. The first-order chi connectivity index (χ1) is 6.07. The molecule has 13 heavy (non-hydrogen) atoms. The van der Waals surface area contributed by atoms with Crippen LogP contribution in [0.25, 0.3) is 0 Å². The number of carbonyl (C=O) groups is 1. The van der Waals surface area contributed by atoms with E-state index < -0.39 is 11.7 Å². The summed E-state index contributed by atoms with van der Waals surface area (Å²) in [5.41, 5.74) is -0.650. The van der Waals surface area contributed by atoms with Crippen LogP contribution in [0.3, 0.4) is 0 Å². The maximum absolute atomic E-state index is 11.2. The second kappa shape index (κ2) is 3.30. The molecule has 72 valence electrons. The molecule has 0 aliphatic carbocycles. The van der Waals surface area contributed by atoms with E-state index in [1.54, 1.807) is 6.92 Å². The SMILES string of the molecule is CCNC(=O)n1nc(C)n(N)c1=O. The van der Waals surface area contributed by atoms with Crippen molar-refractivity contribution in [2.45, 2.75) is 13.8 Å². The zero-order valence-corrected chi connectivity index (χ0v) is 7.44. The van der Waals surface area contributed by atoms with Gasteiger partial charge in [0.2, 0.25) is 0 Å². The van der Waals surface area contributed by atoms with Crippen molar-refractivity contribution in [1.82, 2.24) is 19.8 Å². The van der Waals surface area contributed by atoms with Gasteiger partial charge in [-0.3, -0.25) is 0 Å². The van der Waals surface area contributed by atoms with Crippen molar-refractivity contribution in [3.8, 4) is 0 Å². The molecule has 0 aliphatic heterocycles. The summed E-state index contributed by atoms with van der Waals surface area (Å²) < 4.78 is 1.51.